The molecule has 0 N–H and O–H groups in total. The molecule has 2 fully saturated rings. The lowest BCUT2D eigenvalue weighted by molar-refractivity contribution is 0.0723. The molecule has 1 aromatic carbocycles. The summed E-state index contributed by atoms with van der Waals surface area (Å²) in [5, 5.41) is 0. The smallest absolute Gasteiger partial charge is 0.260 e. The van der Waals surface area contributed by atoms with Gasteiger partial charge < -0.3 is 14.7 Å². The van der Waals surface area contributed by atoms with Crippen LogP contribution in [0.2, 0.25) is 0 Å². The first-order valence-corrected chi connectivity index (χ1v) is 12.7. The van der Waals surface area contributed by atoms with E-state index in [4.69, 9.17) is 9.97 Å². The van der Waals surface area contributed by atoms with Gasteiger partial charge in [-0.1, -0.05) is 25.3 Å². The van der Waals surface area contributed by atoms with Crippen molar-refractivity contribution < 1.29 is 13.6 Å². The zero-order valence-corrected chi connectivity index (χ0v) is 20.6. The van der Waals surface area contributed by atoms with Crippen molar-refractivity contribution in [1.29, 1.82) is 0 Å². The normalized spacial score (nSPS) is 19.5. The molecule has 1 aliphatic carbocycles. The summed E-state index contributed by atoms with van der Waals surface area (Å²) in [6, 6.07) is 4.21. The molecular formula is C26H34F2N6O. The molecule has 1 amide bonds. The fourth-order valence-electron chi connectivity index (χ4n) is 5.66. The highest BCUT2D eigenvalue weighted by Gasteiger charge is 2.31. The van der Waals surface area contributed by atoms with Gasteiger partial charge in [0.05, 0.1) is 12.2 Å². The van der Waals surface area contributed by atoms with Crippen molar-refractivity contribution in [2.45, 2.75) is 51.1 Å². The second kappa shape index (κ2) is 10.0. The standard InChI is InChI=1S/C26H34F2N6O/c1-31(2)24-19-17-34(25(35)23-20(27)9-6-10-21(23)28)12-11-22(19)29-26(30-24)33-15-13-32(14-16-33)18-7-4-3-5-8-18/h6,9-10,18H,3-5,7-8,11-17H2,1-2H3. The molecule has 2 aromatic rings. The molecule has 0 radical (unpaired) electrons. The van der Waals surface area contributed by atoms with Gasteiger partial charge in [-0.05, 0) is 25.0 Å². The van der Waals surface area contributed by atoms with Crippen LogP contribution in [0.3, 0.4) is 0 Å². The fourth-order valence-corrected chi connectivity index (χ4v) is 5.66. The molecule has 35 heavy (non-hydrogen) atoms. The minimum Gasteiger partial charge on any atom is -0.362 e. The number of anilines is 2. The molecule has 3 heterocycles. The number of fused-ring (bicyclic) bond motifs is 1. The lowest BCUT2D eigenvalue weighted by Crippen LogP contribution is -2.51. The number of halogens is 2. The Morgan fingerprint density at radius 1 is 0.971 bits per heavy atom. The van der Waals surface area contributed by atoms with Crippen molar-refractivity contribution >= 4 is 17.7 Å². The molecular weight excluding hydrogens is 450 g/mol. The van der Waals surface area contributed by atoms with Gasteiger partial charge in [-0.25, -0.2) is 13.8 Å². The number of nitrogens with zero attached hydrogens (tertiary/aromatic N) is 6. The Morgan fingerprint density at radius 3 is 2.31 bits per heavy atom. The van der Waals surface area contributed by atoms with Crippen LogP contribution in [-0.2, 0) is 13.0 Å². The van der Waals surface area contributed by atoms with E-state index >= 15 is 0 Å². The summed E-state index contributed by atoms with van der Waals surface area (Å²) >= 11 is 0. The van der Waals surface area contributed by atoms with Crippen LogP contribution in [-0.4, -0.2) is 78.5 Å². The van der Waals surface area contributed by atoms with Crippen LogP contribution < -0.4 is 9.80 Å². The highest BCUT2D eigenvalue weighted by molar-refractivity contribution is 5.95. The van der Waals surface area contributed by atoms with Crippen LogP contribution in [0.4, 0.5) is 20.5 Å². The Labute approximate surface area is 205 Å². The number of hydrogen-bond acceptors (Lipinski definition) is 6. The van der Waals surface area contributed by atoms with Gasteiger partial charge in [0.1, 0.15) is 23.0 Å². The maximum absolute atomic E-state index is 14.2. The number of carbonyl (C=O) groups excluding carboxylic acids is 1. The molecule has 5 rings (SSSR count). The quantitative estimate of drug-likeness (QED) is 0.663. The average Bonchev–Trinajstić information content (AvgIpc) is 2.88. The van der Waals surface area contributed by atoms with Gasteiger partial charge in [0, 0.05) is 64.8 Å². The van der Waals surface area contributed by atoms with Gasteiger partial charge in [-0.15, -0.1) is 0 Å². The van der Waals surface area contributed by atoms with E-state index < -0.39 is 23.1 Å². The van der Waals surface area contributed by atoms with Gasteiger partial charge >= 0.3 is 0 Å². The van der Waals surface area contributed by atoms with Crippen LogP contribution in [0.15, 0.2) is 18.2 Å². The first-order valence-electron chi connectivity index (χ1n) is 12.7. The molecule has 1 saturated heterocycles. The van der Waals surface area contributed by atoms with Gasteiger partial charge in [-0.2, -0.15) is 4.98 Å². The van der Waals surface area contributed by atoms with E-state index in [0.717, 1.165) is 67.4 Å². The summed E-state index contributed by atoms with van der Waals surface area (Å²) in [6.45, 7) is 4.44. The maximum atomic E-state index is 14.2. The van der Waals surface area contributed by atoms with E-state index in [-0.39, 0.29) is 6.54 Å². The molecule has 7 nitrogen and oxygen atoms in total. The molecule has 0 bridgehead atoms. The predicted molar refractivity (Wildman–Crippen MR) is 132 cm³/mol. The van der Waals surface area contributed by atoms with E-state index in [1.807, 2.05) is 19.0 Å². The zero-order valence-electron chi connectivity index (χ0n) is 20.6. The number of hydrogen-bond donors (Lipinski definition) is 0. The summed E-state index contributed by atoms with van der Waals surface area (Å²) in [5.41, 5.74) is 1.25. The Morgan fingerprint density at radius 2 is 1.66 bits per heavy atom. The highest BCUT2D eigenvalue weighted by Crippen LogP contribution is 2.30. The molecule has 1 aromatic heterocycles. The Bertz CT molecular complexity index is 1060. The van der Waals surface area contributed by atoms with Crippen LogP contribution in [0.5, 0.6) is 0 Å². The minimum absolute atomic E-state index is 0.227. The number of amides is 1. The molecule has 1 saturated carbocycles. The molecule has 2 aliphatic heterocycles. The van der Waals surface area contributed by atoms with E-state index in [9.17, 15) is 13.6 Å². The summed E-state index contributed by atoms with van der Waals surface area (Å²) in [4.78, 5) is 31.1. The second-order valence-corrected chi connectivity index (χ2v) is 10.1. The Hall–Kier alpha value is -2.81. The number of benzene rings is 1. The van der Waals surface area contributed by atoms with Crippen molar-refractivity contribution in [3.63, 3.8) is 0 Å². The molecule has 0 spiro atoms. The van der Waals surface area contributed by atoms with Crippen molar-refractivity contribution in [1.82, 2.24) is 19.8 Å². The van der Waals surface area contributed by atoms with Crippen LogP contribution in [0, 0.1) is 11.6 Å². The summed E-state index contributed by atoms with van der Waals surface area (Å²) in [6.07, 6.45) is 7.20. The largest absolute Gasteiger partial charge is 0.362 e. The van der Waals surface area contributed by atoms with Crippen LogP contribution in [0.25, 0.3) is 0 Å². The van der Waals surface area contributed by atoms with E-state index in [2.05, 4.69) is 9.80 Å². The van der Waals surface area contributed by atoms with E-state index in [1.54, 1.807) is 0 Å². The average molecular weight is 485 g/mol. The van der Waals surface area contributed by atoms with Gasteiger partial charge in [0.2, 0.25) is 5.95 Å². The van der Waals surface area contributed by atoms with Crippen molar-refractivity contribution in [3.05, 3.63) is 46.7 Å². The van der Waals surface area contributed by atoms with Gasteiger partial charge in [-0.3, -0.25) is 9.69 Å². The molecule has 3 aliphatic rings. The highest BCUT2D eigenvalue weighted by atomic mass is 19.1. The summed E-state index contributed by atoms with van der Waals surface area (Å²) in [5.74, 6) is -0.832. The number of piperazine rings is 1. The van der Waals surface area contributed by atoms with Crippen molar-refractivity contribution in [2.24, 2.45) is 0 Å². The van der Waals surface area contributed by atoms with Crippen LogP contribution in [0.1, 0.15) is 53.7 Å². The third-order valence-corrected chi connectivity index (χ3v) is 7.60. The first kappa shape index (κ1) is 23.9. The SMILES string of the molecule is CN(C)c1nc(N2CCN(C3CCCCC3)CC2)nc2c1CN(C(=O)c1c(F)cccc1F)CC2. The number of carbonyl (C=O) groups is 1. The van der Waals surface area contributed by atoms with Crippen LogP contribution >= 0.6 is 0 Å². The fraction of sp³-hybridized carbons (Fsp3) is 0.577. The number of aromatic nitrogens is 2. The monoisotopic (exact) mass is 484 g/mol. The Balaban J connectivity index is 1.34. The number of rotatable bonds is 4. The molecule has 0 atom stereocenters. The summed E-state index contributed by atoms with van der Waals surface area (Å²) < 4.78 is 28.5. The predicted octanol–water partition coefficient (Wildman–Crippen LogP) is 3.47. The molecule has 9 heteroatoms. The van der Waals surface area contributed by atoms with Gasteiger partial charge in [0.15, 0.2) is 0 Å². The first-order chi connectivity index (χ1) is 16.9. The van der Waals surface area contributed by atoms with Crippen molar-refractivity contribution in [2.75, 3.05) is 56.6 Å². The molecule has 0 unspecified atom stereocenters. The maximum Gasteiger partial charge on any atom is 0.260 e. The zero-order chi connectivity index (χ0) is 24.5. The summed E-state index contributed by atoms with van der Waals surface area (Å²) in [7, 11) is 3.84. The minimum atomic E-state index is -0.840. The third kappa shape index (κ3) is 4.83. The van der Waals surface area contributed by atoms with E-state index in [0.29, 0.717) is 13.0 Å². The molecule has 188 valence electrons. The topological polar surface area (TPSA) is 55.8 Å². The van der Waals surface area contributed by atoms with Crippen molar-refractivity contribution in [3.8, 4) is 0 Å². The Kier molecular flexibility index (Phi) is 6.86. The lowest BCUT2D eigenvalue weighted by Gasteiger charge is -2.41. The van der Waals surface area contributed by atoms with E-state index in [1.165, 1.54) is 43.1 Å². The lowest BCUT2D eigenvalue weighted by atomic mass is 9.94. The second-order valence-electron chi connectivity index (χ2n) is 10.1. The van der Waals surface area contributed by atoms with Gasteiger partial charge in [0.25, 0.3) is 5.91 Å². The third-order valence-electron chi connectivity index (χ3n) is 7.60.